The second kappa shape index (κ2) is 10.4. The van der Waals surface area contributed by atoms with Gasteiger partial charge in [-0.15, -0.1) is 0 Å². The fourth-order valence-electron chi connectivity index (χ4n) is 5.43. The summed E-state index contributed by atoms with van der Waals surface area (Å²) in [5.74, 6) is 5.70. The minimum Gasteiger partial charge on any atom is -0.507 e. The van der Waals surface area contributed by atoms with Gasteiger partial charge in [-0.3, -0.25) is 25.0 Å². The Morgan fingerprint density at radius 1 is 1.07 bits per heavy atom. The Morgan fingerprint density at radius 3 is 2.64 bits per heavy atom. The van der Waals surface area contributed by atoms with Crippen molar-refractivity contribution in [3.63, 3.8) is 0 Å². The van der Waals surface area contributed by atoms with Crippen molar-refractivity contribution < 1.29 is 24.2 Å². The Kier molecular flexibility index (Phi) is 6.59. The number of benzene rings is 2. The summed E-state index contributed by atoms with van der Waals surface area (Å²) in [5.41, 5.74) is 4.09. The number of aromatic amines is 1. The van der Waals surface area contributed by atoms with Crippen molar-refractivity contribution in [2.75, 3.05) is 13.7 Å². The number of fused-ring (bicyclic) bond motifs is 1. The van der Waals surface area contributed by atoms with Gasteiger partial charge in [0.15, 0.2) is 0 Å². The van der Waals surface area contributed by atoms with Crippen molar-refractivity contribution in [1.29, 1.82) is 0 Å². The first-order valence-corrected chi connectivity index (χ1v) is 13.2. The van der Waals surface area contributed by atoms with E-state index in [4.69, 9.17) is 4.74 Å². The van der Waals surface area contributed by atoms with Crippen LogP contribution in [-0.4, -0.2) is 62.2 Å². The number of phenols is 1. The van der Waals surface area contributed by atoms with Gasteiger partial charge < -0.3 is 20.1 Å². The highest BCUT2D eigenvalue weighted by molar-refractivity contribution is 6.10. The van der Waals surface area contributed by atoms with Crippen LogP contribution in [-0.2, 0) is 17.8 Å². The number of aromatic hydroxyl groups is 1. The number of H-pyrrole nitrogens is 1. The average Bonchev–Trinajstić information content (AvgIpc) is 3.70. The Balaban J connectivity index is 1.34. The average molecular weight is 563 g/mol. The normalized spacial score (nSPS) is 17.4. The predicted octanol–water partition coefficient (Wildman–Crippen LogP) is 3.00. The molecule has 0 spiro atoms. The van der Waals surface area contributed by atoms with Crippen LogP contribution in [0.4, 0.5) is 4.79 Å². The summed E-state index contributed by atoms with van der Waals surface area (Å²) < 4.78 is 5.25. The van der Waals surface area contributed by atoms with Gasteiger partial charge in [0.1, 0.15) is 11.5 Å². The van der Waals surface area contributed by atoms with E-state index in [0.29, 0.717) is 28.9 Å². The van der Waals surface area contributed by atoms with E-state index in [-0.39, 0.29) is 24.7 Å². The predicted molar refractivity (Wildman–Crippen MR) is 152 cm³/mol. The first kappa shape index (κ1) is 26.6. The van der Waals surface area contributed by atoms with Crippen molar-refractivity contribution >= 4 is 17.8 Å². The van der Waals surface area contributed by atoms with E-state index in [9.17, 15) is 19.5 Å². The van der Waals surface area contributed by atoms with Gasteiger partial charge in [-0.2, -0.15) is 5.10 Å². The maximum atomic E-state index is 13.2. The zero-order valence-corrected chi connectivity index (χ0v) is 22.8. The summed E-state index contributed by atoms with van der Waals surface area (Å²) in [6, 6.07) is 9.83. The molecule has 2 aliphatic heterocycles. The van der Waals surface area contributed by atoms with Gasteiger partial charge in [-0.05, 0) is 47.4 Å². The lowest BCUT2D eigenvalue weighted by Gasteiger charge is -2.26. The van der Waals surface area contributed by atoms with E-state index in [0.717, 1.165) is 27.8 Å². The highest BCUT2D eigenvalue weighted by Gasteiger charge is 2.48. The number of nitrogens with zero attached hydrogens (tertiary/aromatic N) is 3. The molecule has 0 aliphatic carbocycles. The van der Waals surface area contributed by atoms with Crippen LogP contribution in [0.15, 0.2) is 61.2 Å². The molecule has 11 nitrogen and oxygen atoms in total. The van der Waals surface area contributed by atoms with Gasteiger partial charge in [-0.25, -0.2) is 4.79 Å². The molecule has 1 saturated heterocycles. The molecule has 42 heavy (non-hydrogen) atoms. The van der Waals surface area contributed by atoms with Crippen LogP contribution in [0.25, 0.3) is 22.3 Å². The van der Waals surface area contributed by atoms with Crippen molar-refractivity contribution in [2.45, 2.75) is 25.4 Å². The van der Waals surface area contributed by atoms with Crippen molar-refractivity contribution in [1.82, 2.24) is 30.7 Å². The quantitative estimate of drug-likeness (QED) is 0.208. The first-order chi connectivity index (χ1) is 20.3. The van der Waals surface area contributed by atoms with Gasteiger partial charge in [0, 0.05) is 53.0 Å². The highest BCUT2D eigenvalue weighted by Crippen LogP contribution is 2.38. The maximum absolute atomic E-state index is 13.2. The molecule has 4 amide bonds. The molecule has 0 bridgehead atoms. The third kappa shape index (κ3) is 4.58. The van der Waals surface area contributed by atoms with Crippen LogP contribution in [0.5, 0.6) is 11.5 Å². The highest BCUT2D eigenvalue weighted by atomic mass is 16.5. The number of aromatic nitrogens is 3. The third-order valence-electron chi connectivity index (χ3n) is 7.47. The molecule has 210 valence electrons. The number of rotatable bonds is 6. The number of methoxy groups -OCH3 is 1. The van der Waals surface area contributed by atoms with Gasteiger partial charge in [0.2, 0.25) is 5.54 Å². The summed E-state index contributed by atoms with van der Waals surface area (Å²) in [6.45, 7) is 2.12. The summed E-state index contributed by atoms with van der Waals surface area (Å²) in [6.07, 6.45) is 7.26. The largest absolute Gasteiger partial charge is 0.507 e. The zero-order chi connectivity index (χ0) is 29.4. The second-order valence-corrected chi connectivity index (χ2v) is 10.0. The van der Waals surface area contributed by atoms with E-state index < -0.39 is 17.5 Å². The van der Waals surface area contributed by atoms with Gasteiger partial charge in [0.05, 0.1) is 19.9 Å². The number of carbonyl (C=O) groups excluding carboxylic acids is 3. The molecule has 4 heterocycles. The SMILES string of the molecule is CCc1c(-c2cncc(C#CC3(CN4Cc5ccc(OC)cc5C4=O)NC(=O)NC3=O)c2)ccc(O)c1-c1cn[nH]c1. The van der Waals surface area contributed by atoms with Crippen LogP contribution < -0.4 is 15.4 Å². The lowest BCUT2D eigenvalue weighted by Crippen LogP contribution is -2.54. The number of urea groups is 1. The maximum Gasteiger partial charge on any atom is 0.323 e. The van der Waals surface area contributed by atoms with Crippen molar-refractivity contribution in [2.24, 2.45) is 0 Å². The Hall–Kier alpha value is -5.63. The molecule has 2 aromatic carbocycles. The number of imide groups is 1. The molecule has 6 rings (SSSR count). The molecule has 4 N–H and O–H groups in total. The molecule has 2 aliphatic rings. The number of amides is 4. The first-order valence-electron chi connectivity index (χ1n) is 13.2. The minimum absolute atomic E-state index is 0.142. The van der Waals surface area contributed by atoms with E-state index >= 15 is 0 Å². The minimum atomic E-state index is -1.66. The number of ether oxygens (including phenoxy) is 1. The van der Waals surface area contributed by atoms with E-state index in [2.05, 4.69) is 37.7 Å². The molecule has 1 unspecified atom stereocenters. The van der Waals surface area contributed by atoms with Crippen molar-refractivity contribution in [3.8, 4) is 45.6 Å². The smallest absolute Gasteiger partial charge is 0.323 e. The van der Waals surface area contributed by atoms with Gasteiger partial charge in [0.25, 0.3) is 11.8 Å². The Morgan fingerprint density at radius 2 is 1.93 bits per heavy atom. The molecule has 1 fully saturated rings. The number of carbonyl (C=O) groups is 3. The number of phenolic OH excluding ortho intramolecular Hbond substituents is 1. The molecule has 0 radical (unpaired) electrons. The number of hydrogen-bond acceptors (Lipinski definition) is 7. The topological polar surface area (TPSA) is 150 Å². The third-order valence-corrected chi connectivity index (χ3v) is 7.47. The lowest BCUT2D eigenvalue weighted by molar-refractivity contribution is -0.122. The number of pyridine rings is 1. The monoisotopic (exact) mass is 562 g/mol. The van der Waals surface area contributed by atoms with Gasteiger partial charge >= 0.3 is 6.03 Å². The van der Waals surface area contributed by atoms with Gasteiger partial charge in [-0.1, -0.05) is 30.9 Å². The van der Waals surface area contributed by atoms with E-state index in [1.165, 1.54) is 12.0 Å². The zero-order valence-electron chi connectivity index (χ0n) is 22.8. The fraction of sp³-hybridized carbons (Fsp3) is 0.194. The summed E-state index contributed by atoms with van der Waals surface area (Å²) in [4.78, 5) is 44.3. The molecule has 1 atom stereocenters. The lowest BCUT2D eigenvalue weighted by atomic mass is 9.91. The van der Waals surface area contributed by atoms with E-state index in [1.54, 1.807) is 49.1 Å². The molecule has 11 heteroatoms. The number of hydrogen-bond donors (Lipinski definition) is 4. The molecule has 4 aromatic rings. The second-order valence-electron chi connectivity index (χ2n) is 10.0. The van der Waals surface area contributed by atoms with E-state index in [1.807, 2.05) is 19.1 Å². The summed E-state index contributed by atoms with van der Waals surface area (Å²) in [7, 11) is 1.52. The molecular weight excluding hydrogens is 536 g/mol. The molecule has 0 saturated carbocycles. The fourth-order valence-corrected chi connectivity index (χ4v) is 5.43. The standard InChI is InChI=1S/C31H26N6O5/c1-3-23-24(6-7-26(38)27(23)21-14-33-34-15-21)20-10-18(12-32-13-20)8-9-31(29(40)35-30(41)36-31)17-37-16-19-4-5-22(42-2)11-25(19)28(37)39/h4-7,10-15,38H,3,16-17H2,1-2H3,(H,33,34)(H2,35,36,40,41). The van der Waals surface area contributed by atoms with Crippen molar-refractivity contribution in [3.05, 3.63) is 83.4 Å². The molecule has 2 aromatic heterocycles. The number of nitrogens with one attached hydrogen (secondary N) is 3. The van der Waals surface area contributed by atoms with Crippen LogP contribution in [0.1, 0.15) is 34.0 Å². The van der Waals surface area contributed by atoms with Crippen LogP contribution in [0.2, 0.25) is 0 Å². The summed E-state index contributed by atoms with van der Waals surface area (Å²) >= 11 is 0. The van der Waals surface area contributed by atoms with Crippen LogP contribution >= 0.6 is 0 Å². The summed E-state index contributed by atoms with van der Waals surface area (Å²) in [5, 5.41) is 22.3. The Bertz CT molecular complexity index is 1810. The van der Waals surface area contributed by atoms with Crippen LogP contribution in [0.3, 0.4) is 0 Å². The molecular formula is C31H26N6O5. The van der Waals surface area contributed by atoms with Crippen LogP contribution in [0, 0.1) is 11.8 Å². The Labute approximate surface area is 240 Å².